The molecule has 1 aromatic carbocycles. The third kappa shape index (κ3) is 7.61. The number of thioether (sulfide) groups is 1. The van der Waals surface area contributed by atoms with Crippen LogP contribution in [-0.4, -0.2) is 76.4 Å². The smallest absolute Gasteiger partial charge is 0.390 e. The third-order valence-corrected chi connectivity index (χ3v) is 6.98. The zero-order valence-electron chi connectivity index (χ0n) is 22.3. The zero-order valence-corrected chi connectivity index (χ0v) is 23.1. The van der Waals surface area contributed by atoms with Gasteiger partial charge < -0.3 is 24.9 Å². The fourth-order valence-electron chi connectivity index (χ4n) is 4.05. The number of β-amino-alcohol motifs (C(OH)–C–C–N with tert-alkyl or cyclic N) is 1. The number of aryl methyl sites for hydroxylation is 1. The Labute approximate surface area is 235 Å². The van der Waals surface area contributed by atoms with Crippen LogP contribution in [-0.2, 0) is 12.4 Å². The van der Waals surface area contributed by atoms with Gasteiger partial charge in [-0.2, -0.15) is 26.3 Å². The summed E-state index contributed by atoms with van der Waals surface area (Å²) in [4.78, 5) is 20.8. The summed E-state index contributed by atoms with van der Waals surface area (Å²) in [7, 11) is 3.35. The van der Waals surface area contributed by atoms with Crippen molar-refractivity contribution < 1.29 is 45.7 Å². The lowest BCUT2D eigenvalue weighted by molar-refractivity contribution is -0.144. The van der Waals surface area contributed by atoms with Crippen molar-refractivity contribution in [1.29, 1.82) is 0 Å². The molecule has 2 unspecified atom stereocenters. The first kappa shape index (κ1) is 32.4. The molecule has 0 bridgehead atoms. The van der Waals surface area contributed by atoms with Crippen molar-refractivity contribution in [2.24, 2.45) is 0 Å². The fraction of sp³-hybridized carbons (Fsp3) is 0.440. The molecule has 2 N–H and O–H groups in total. The average molecular weight is 612 g/mol. The third-order valence-electron chi connectivity index (χ3n) is 5.95. The number of hydrogen-bond donors (Lipinski definition) is 2. The molecule has 2 atom stereocenters. The number of nitrogens with zero attached hydrogens (tertiary/aromatic N) is 5. The molecule has 2 aromatic rings. The van der Waals surface area contributed by atoms with Crippen molar-refractivity contribution in [2.75, 3.05) is 43.5 Å². The second-order valence-corrected chi connectivity index (χ2v) is 10.3. The van der Waals surface area contributed by atoms with Crippen LogP contribution >= 0.6 is 11.8 Å². The van der Waals surface area contributed by atoms with Gasteiger partial charge in [0.2, 0.25) is 6.35 Å². The molecular weight excluding hydrogens is 583 g/mol. The largest absolute Gasteiger partial charge is 0.417 e. The summed E-state index contributed by atoms with van der Waals surface area (Å²) in [5.41, 5.74) is -4.21. The highest BCUT2D eigenvalue weighted by Gasteiger charge is 2.42. The summed E-state index contributed by atoms with van der Waals surface area (Å²) in [6.07, 6.45) is -11.1. The van der Waals surface area contributed by atoms with E-state index in [1.807, 2.05) is 0 Å². The number of alkyl halides is 6. The van der Waals surface area contributed by atoms with Crippen LogP contribution < -0.4 is 9.80 Å². The van der Waals surface area contributed by atoms with Crippen LogP contribution in [0.25, 0.3) is 0 Å². The Balaban J connectivity index is 2.10. The first-order chi connectivity index (χ1) is 18.9. The minimum absolute atomic E-state index is 0.00226. The van der Waals surface area contributed by atoms with Crippen LogP contribution in [0.15, 0.2) is 41.6 Å². The quantitative estimate of drug-likeness (QED) is 0.316. The standard InChI is InChI=1S/C25H28F7N5O3S/c1-5-36(20-7-6-18(26)14(2)33-20)23(40)41-21-17(25(30,31)32)10-15(24(27,28)29)11-19(21)37-9-8-35(22(37)39)13-16(38)12-34(3)4/h6-11,16,22,38-39H,5,12-13H2,1-4H3. The number of pyridine rings is 1. The zero-order chi connectivity index (χ0) is 30.9. The van der Waals surface area contributed by atoms with E-state index in [9.17, 15) is 45.7 Å². The molecule has 16 heteroatoms. The number of halogens is 7. The Morgan fingerprint density at radius 2 is 1.78 bits per heavy atom. The van der Waals surface area contributed by atoms with Crippen molar-refractivity contribution in [2.45, 2.75) is 43.6 Å². The van der Waals surface area contributed by atoms with Crippen LogP contribution in [0.2, 0.25) is 0 Å². The van der Waals surface area contributed by atoms with Crippen molar-refractivity contribution in [3.63, 3.8) is 0 Å². The molecule has 8 nitrogen and oxygen atoms in total. The van der Waals surface area contributed by atoms with Gasteiger partial charge in [0.25, 0.3) is 5.24 Å². The van der Waals surface area contributed by atoms with Gasteiger partial charge in [-0.05, 0) is 64.0 Å². The van der Waals surface area contributed by atoms with E-state index < -0.39 is 57.6 Å². The van der Waals surface area contributed by atoms with Gasteiger partial charge >= 0.3 is 12.4 Å². The van der Waals surface area contributed by atoms with Crippen LogP contribution in [0.1, 0.15) is 23.7 Å². The number of aliphatic hydroxyl groups is 2. The van der Waals surface area contributed by atoms with Crippen LogP contribution in [0.3, 0.4) is 0 Å². The fourth-order valence-corrected chi connectivity index (χ4v) is 5.11. The number of rotatable bonds is 8. The summed E-state index contributed by atoms with van der Waals surface area (Å²) in [5.74, 6) is -0.752. The van der Waals surface area contributed by atoms with Crippen molar-refractivity contribution in [1.82, 2.24) is 14.8 Å². The van der Waals surface area contributed by atoms with E-state index in [0.717, 1.165) is 33.0 Å². The second-order valence-electron chi connectivity index (χ2n) is 9.38. The minimum Gasteiger partial charge on any atom is -0.390 e. The molecule has 1 aliphatic rings. The van der Waals surface area contributed by atoms with Crippen molar-refractivity contribution in [3.8, 4) is 0 Å². The van der Waals surface area contributed by atoms with E-state index in [1.54, 1.807) is 19.0 Å². The van der Waals surface area contributed by atoms with Gasteiger partial charge in [0.05, 0.1) is 33.5 Å². The van der Waals surface area contributed by atoms with Gasteiger partial charge in [-0.25, -0.2) is 9.37 Å². The van der Waals surface area contributed by atoms with E-state index >= 15 is 0 Å². The summed E-state index contributed by atoms with van der Waals surface area (Å²) < 4.78 is 97.5. The number of hydrogen-bond acceptors (Lipinski definition) is 8. The van der Waals surface area contributed by atoms with Crippen molar-refractivity contribution in [3.05, 3.63) is 59.3 Å². The Morgan fingerprint density at radius 3 is 2.32 bits per heavy atom. The Kier molecular flexibility index (Phi) is 9.83. The van der Waals surface area contributed by atoms with Gasteiger partial charge in [-0.15, -0.1) is 0 Å². The summed E-state index contributed by atoms with van der Waals surface area (Å²) >= 11 is -0.00226. The average Bonchev–Trinajstić information content (AvgIpc) is 3.19. The maximum atomic E-state index is 14.2. The minimum atomic E-state index is -5.32. The maximum absolute atomic E-state index is 14.2. The number of benzene rings is 1. The SMILES string of the molecule is CCN(C(=O)Sc1c(N2C=CN(CC(O)CN(C)C)C2O)cc(C(F)(F)F)cc1C(F)(F)F)c1ccc(F)c(C)n1. The highest BCUT2D eigenvalue weighted by Crippen LogP contribution is 2.47. The molecule has 41 heavy (non-hydrogen) atoms. The Morgan fingerprint density at radius 1 is 1.12 bits per heavy atom. The van der Waals surface area contributed by atoms with E-state index in [2.05, 4.69) is 4.98 Å². The molecule has 0 saturated heterocycles. The summed E-state index contributed by atoms with van der Waals surface area (Å²) in [5, 5.41) is 20.1. The topological polar surface area (TPSA) is 83.4 Å². The number of aromatic nitrogens is 1. The number of amides is 1. The van der Waals surface area contributed by atoms with Crippen LogP contribution in [0, 0.1) is 12.7 Å². The number of likely N-dealkylation sites (N-methyl/N-ethyl adjacent to an activating group) is 1. The van der Waals surface area contributed by atoms with Gasteiger partial charge in [-0.1, -0.05) is 0 Å². The molecule has 1 aromatic heterocycles. The summed E-state index contributed by atoms with van der Waals surface area (Å²) in [6.45, 7) is 2.67. The number of aliphatic hydroxyl groups excluding tert-OH is 2. The highest BCUT2D eigenvalue weighted by atomic mass is 32.2. The normalized spacial score (nSPS) is 16.6. The second kappa shape index (κ2) is 12.4. The molecule has 226 valence electrons. The van der Waals surface area contributed by atoms with Gasteiger partial charge in [-0.3, -0.25) is 9.69 Å². The number of anilines is 2. The molecule has 0 aliphatic carbocycles. The number of carbonyl (C=O) groups is 1. The van der Waals surface area contributed by atoms with Crippen LogP contribution in [0.4, 0.5) is 47.0 Å². The monoisotopic (exact) mass is 611 g/mol. The van der Waals surface area contributed by atoms with E-state index in [1.165, 1.54) is 20.0 Å². The first-order valence-corrected chi connectivity index (χ1v) is 12.9. The molecule has 2 heterocycles. The van der Waals surface area contributed by atoms with Gasteiger partial charge in [0.1, 0.15) is 11.6 Å². The lowest BCUT2D eigenvalue weighted by Gasteiger charge is -2.32. The molecule has 0 saturated carbocycles. The molecule has 0 fully saturated rings. The highest BCUT2D eigenvalue weighted by molar-refractivity contribution is 8.14. The Bertz CT molecular complexity index is 1290. The molecule has 1 amide bonds. The number of carbonyl (C=O) groups excluding carboxylic acids is 1. The molecule has 0 spiro atoms. The molecule has 0 radical (unpaired) electrons. The summed E-state index contributed by atoms with van der Waals surface area (Å²) in [6, 6.07) is 2.48. The van der Waals surface area contributed by atoms with E-state index in [-0.39, 0.29) is 49.0 Å². The lowest BCUT2D eigenvalue weighted by atomic mass is 10.1. The molecule has 3 rings (SSSR count). The lowest BCUT2D eigenvalue weighted by Crippen LogP contribution is -2.44. The van der Waals surface area contributed by atoms with Gasteiger partial charge in [0.15, 0.2) is 0 Å². The Hall–Kier alpha value is -3.08. The van der Waals surface area contributed by atoms with E-state index in [4.69, 9.17) is 0 Å². The van der Waals surface area contributed by atoms with Crippen LogP contribution in [0.5, 0.6) is 0 Å². The maximum Gasteiger partial charge on any atom is 0.417 e. The van der Waals surface area contributed by atoms with E-state index in [0.29, 0.717) is 6.07 Å². The van der Waals surface area contributed by atoms with Crippen molar-refractivity contribution >= 4 is 28.5 Å². The van der Waals surface area contributed by atoms with Gasteiger partial charge in [0, 0.05) is 32.0 Å². The molecular formula is C25H28F7N5O3S. The first-order valence-electron chi connectivity index (χ1n) is 12.1. The predicted molar refractivity (Wildman–Crippen MR) is 139 cm³/mol. The predicted octanol–water partition coefficient (Wildman–Crippen LogP) is 5.10. The molecule has 1 aliphatic heterocycles.